The molecule has 2 rings (SSSR count). The Morgan fingerprint density at radius 3 is 2.71 bits per heavy atom. The minimum Gasteiger partial charge on any atom is -0.493 e. The second-order valence-electron chi connectivity index (χ2n) is 4.32. The van der Waals surface area contributed by atoms with E-state index in [1.807, 2.05) is 26.0 Å². The van der Waals surface area contributed by atoms with Crippen molar-refractivity contribution in [2.75, 3.05) is 19.0 Å². The van der Waals surface area contributed by atoms with Gasteiger partial charge in [0, 0.05) is 6.54 Å². The highest BCUT2D eigenvalue weighted by Crippen LogP contribution is 2.32. The number of hydrogen-bond donors (Lipinski definition) is 1. The monoisotopic (exact) mass is 291 g/mol. The molecule has 0 saturated carbocycles. The third-order valence-electron chi connectivity index (χ3n) is 2.89. The first kappa shape index (κ1) is 15.0. The third kappa shape index (κ3) is 3.59. The van der Waals surface area contributed by atoms with Gasteiger partial charge in [0.25, 0.3) is 5.88 Å². The summed E-state index contributed by atoms with van der Waals surface area (Å²) in [4.78, 5) is 7.83. The van der Waals surface area contributed by atoms with Crippen molar-refractivity contribution in [2.45, 2.75) is 20.3 Å². The van der Waals surface area contributed by atoms with Crippen molar-refractivity contribution in [3.05, 3.63) is 35.8 Å². The van der Waals surface area contributed by atoms with Gasteiger partial charge in [0.15, 0.2) is 11.5 Å². The lowest BCUT2D eigenvalue weighted by Gasteiger charge is -2.12. The molecule has 6 heteroatoms. The molecule has 0 bridgehead atoms. The Kier molecular flexibility index (Phi) is 4.92. The van der Waals surface area contributed by atoms with E-state index in [9.17, 15) is 4.39 Å². The van der Waals surface area contributed by atoms with Crippen molar-refractivity contribution in [3.63, 3.8) is 0 Å². The molecule has 1 heterocycles. The highest BCUT2D eigenvalue weighted by molar-refractivity contribution is 5.45. The molecule has 1 N–H and O–H groups in total. The fourth-order valence-electron chi connectivity index (χ4n) is 1.79. The van der Waals surface area contributed by atoms with Gasteiger partial charge >= 0.3 is 0 Å². The molecular weight excluding hydrogens is 273 g/mol. The van der Waals surface area contributed by atoms with Crippen molar-refractivity contribution in [2.24, 2.45) is 0 Å². The van der Waals surface area contributed by atoms with Gasteiger partial charge in [0.05, 0.1) is 13.3 Å². The highest BCUT2D eigenvalue weighted by Gasteiger charge is 2.13. The van der Waals surface area contributed by atoms with E-state index in [4.69, 9.17) is 9.47 Å². The topological polar surface area (TPSA) is 56.3 Å². The Balaban J connectivity index is 2.31. The van der Waals surface area contributed by atoms with E-state index in [1.165, 1.54) is 0 Å². The molecule has 0 aliphatic heterocycles. The summed E-state index contributed by atoms with van der Waals surface area (Å²) < 4.78 is 24.6. The lowest BCUT2D eigenvalue weighted by molar-refractivity contribution is 0.363. The summed E-state index contributed by atoms with van der Waals surface area (Å²) in [6.45, 7) is 4.58. The molecule has 0 fully saturated rings. The van der Waals surface area contributed by atoms with Crippen LogP contribution in [0.5, 0.6) is 17.4 Å². The Morgan fingerprint density at radius 2 is 2.05 bits per heavy atom. The van der Waals surface area contributed by atoms with Gasteiger partial charge in [-0.2, -0.15) is 9.37 Å². The van der Waals surface area contributed by atoms with Crippen LogP contribution in [-0.2, 0) is 6.42 Å². The number of aryl methyl sites for hydroxylation is 1. The Morgan fingerprint density at radius 1 is 1.24 bits per heavy atom. The third-order valence-corrected chi connectivity index (χ3v) is 2.89. The lowest BCUT2D eigenvalue weighted by atomic mass is 10.1. The molecule has 1 aromatic heterocycles. The fraction of sp³-hybridized carbons (Fsp3) is 0.333. The van der Waals surface area contributed by atoms with Gasteiger partial charge in [-0.15, -0.1) is 0 Å². The van der Waals surface area contributed by atoms with E-state index in [0.29, 0.717) is 24.0 Å². The summed E-state index contributed by atoms with van der Waals surface area (Å²) in [5, 5.41) is 2.91. The van der Waals surface area contributed by atoms with E-state index in [2.05, 4.69) is 15.3 Å². The molecule has 0 aliphatic rings. The van der Waals surface area contributed by atoms with E-state index in [-0.39, 0.29) is 5.88 Å². The molecule has 112 valence electrons. The van der Waals surface area contributed by atoms with Crippen LogP contribution in [0, 0.1) is 5.82 Å². The molecule has 2 aromatic rings. The molecule has 0 atom stereocenters. The van der Waals surface area contributed by atoms with E-state index >= 15 is 0 Å². The summed E-state index contributed by atoms with van der Waals surface area (Å²) in [5.41, 5.74) is 1.11. The fourth-order valence-corrected chi connectivity index (χ4v) is 1.79. The van der Waals surface area contributed by atoms with Crippen molar-refractivity contribution >= 4 is 5.95 Å². The minimum absolute atomic E-state index is 0.136. The second-order valence-corrected chi connectivity index (χ2v) is 4.32. The first-order chi connectivity index (χ1) is 10.2. The number of anilines is 1. The van der Waals surface area contributed by atoms with Gasteiger partial charge in [0.1, 0.15) is 0 Å². The van der Waals surface area contributed by atoms with Crippen molar-refractivity contribution in [1.29, 1.82) is 0 Å². The summed E-state index contributed by atoms with van der Waals surface area (Å²) in [7, 11) is 1.54. The van der Waals surface area contributed by atoms with E-state index in [1.54, 1.807) is 13.2 Å². The van der Waals surface area contributed by atoms with Crippen molar-refractivity contribution in [1.82, 2.24) is 9.97 Å². The standard InChI is InChI=1S/C15H18FN3O2/c1-4-10-6-7-12(13(8-10)20-3)21-14-11(16)9-18-15(19-14)17-5-2/h6-9H,4-5H2,1-3H3,(H,17,18,19). The number of nitrogens with zero attached hydrogens (tertiary/aromatic N) is 2. The molecule has 1 aromatic carbocycles. The zero-order chi connectivity index (χ0) is 15.2. The molecule has 0 unspecified atom stereocenters. The van der Waals surface area contributed by atoms with Gasteiger partial charge in [0.2, 0.25) is 11.8 Å². The predicted octanol–water partition coefficient (Wildman–Crippen LogP) is 3.41. The highest BCUT2D eigenvalue weighted by atomic mass is 19.1. The average molecular weight is 291 g/mol. The zero-order valence-corrected chi connectivity index (χ0v) is 12.3. The van der Waals surface area contributed by atoms with Crippen LogP contribution >= 0.6 is 0 Å². The molecule has 0 aliphatic carbocycles. The number of halogens is 1. The first-order valence-electron chi connectivity index (χ1n) is 6.79. The first-order valence-corrected chi connectivity index (χ1v) is 6.79. The van der Waals surface area contributed by atoms with Crippen LogP contribution in [0.25, 0.3) is 0 Å². The molecule has 0 spiro atoms. The van der Waals surface area contributed by atoms with Crippen LogP contribution in [0.2, 0.25) is 0 Å². The van der Waals surface area contributed by atoms with Crippen LogP contribution in [0.1, 0.15) is 19.4 Å². The smallest absolute Gasteiger partial charge is 0.261 e. The molecule has 21 heavy (non-hydrogen) atoms. The summed E-state index contributed by atoms with van der Waals surface area (Å²) in [5.74, 6) is 0.506. The van der Waals surface area contributed by atoms with E-state index in [0.717, 1.165) is 18.2 Å². The zero-order valence-electron chi connectivity index (χ0n) is 12.3. The van der Waals surface area contributed by atoms with Gasteiger partial charge in [-0.05, 0) is 31.0 Å². The SMILES string of the molecule is CCNc1ncc(F)c(Oc2ccc(CC)cc2OC)n1. The van der Waals surface area contributed by atoms with Crippen LogP contribution < -0.4 is 14.8 Å². The maximum atomic E-state index is 13.8. The van der Waals surface area contributed by atoms with Crippen molar-refractivity contribution < 1.29 is 13.9 Å². The molecule has 5 nitrogen and oxygen atoms in total. The van der Waals surface area contributed by atoms with Crippen LogP contribution in [0.15, 0.2) is 24.4 Å². The number of rotatable bonds is 6. The summed E-state index contributed by atoms with van der Waals surface area (Å²) in [6, 6.07) is 5.51. The molecule has 0 radical (unpaired) electrons. The van der Waals surface area contributed by atoms with Crippen LogP contribution in [-0.4, -0.2) is 23.6 Å². The van der Waals surface area contributed by atoms with E-state index < -0.39 is 5.82 Å². The van der Waals surface area contributed by atoms with Gasteiger partial charge in [-0.3, -0.25) is 0 Å². The Labute approximate surface area is 123 Å². The predicted molar refractivity (Wildman–Crippen MR) is 78.6 cm³/mol. The Bertz CT molecular complexity index is 620. The van der Waals surface area contributed by atoms with Crippen LogP contribution in [0.4, 0.5) is 10.3 Å². The van der Waals surface area contributed by atoms with Gasteiger partial charge < -0.3 is 14.8 Å². The summed E-state index contributed by atoms with van der Waals surface area (Å²) in [6.07, 6.45) is 1.95. The number of ether oxygens (including phenoxy) is 2. The second kappa shape index (κ2) is 6.88. The molecular formula is C15H18FN3O2. The minimum atomic E-state index is -0.627. The van der Waals surface area contributed by atoms with Gasteiger partial charge in [-0.1, -0.05) is 13.0 Å². The lowest BCUT2D eigenvalue weighted by Crippen LogP contribution is -2.04. The number of aromatic nitrogens is 2. The maximum absolute atomic E-state index is 13.8. The molecule has 0 amide bonds. The average Bonchev–Trinajstić information content (AvgIpc) is 2.51. The van der Waals surface area contributed by atoms with Crippen LogP contribution in [0.3, 0.4) is 0 Å². The number of methoxy groups -OCH3 is 1. The number of hydrogen-bond acceptors (Lipinski definition) is 5. The van der Waals surface area contributed by atoms with Crippen molar-refractivity contribution in [3.8, 4) is 17.4 Å². The normalized spacial score (nSPS) is 10.3. The maximum Gasteiger partial charge on any atom is 0.261 e. The van der Waals surface area contributed by atoms with Gasteiger partial charge in [-0.25, -0.2) is 4.98 Å². The number of nitrogens with one attached hydrogen (secondary N) is 1. The Hall–Kier alpha value is -2.37. The number of benzene rings is 1. The molecule has 0 saturated heterocycles. The summed E-state index contributed by atoms with van der Waals surface area (Å²) >= 11 is 0. The largest absolute Gasteiger partial charge is 0.493 e. The quantitative estimate of drug-likeness (QED) is 0.884.